The van der Waals surface area contributed by atoms with Gasteiger partial charge in [-0.1, -0.05) is 0 Å². The first-order chi connectivity index (χ1) is 7.86. The predicted molar refractivity (Wildman–Crippen MR) is 67.6 cm³/mol. The number of hydrogen-bond acceptors (Lipinski definition) is 4. The Balaban J connectivity index is 2.68. The van der Waals surface area contributed by atoms with Crippen LogP contribution in [0.4, 0.5) is 0 Å². The van der Waals surface area contributed by atoms with Crippen molar-refractivity contribution in [2.75, 3.05) is 33.3 Å². The van der Waals surface area contributed by atoms with Crippen LogP contribution in [0.25, 0.3) is 0 Å². The van der Waals surface area contributed by atoms with E-state index in [-0.39, 0.29) is 18.6 Å². The summed E-state index contributed by atoms with van der Waals surface area (Å²) in [4.78, 5) is 16.2. The van der Waals surface area contributed by atoms with E-state index in [4.69, 9.17) is 10.8 Å². The number of likely N-dealkylation sites (tertiary alicyclic amines) is 1. The van der Waals surface area contributed by atoms with Crippen molar-refractivity contribution >= 4 is 5.91 Å². The minimum absolute atomic E-state index is 0.00579. The summed E-state index contributed by atoms with van der Waals surface area (Å²) in [5.41, 5.74) is 5.00. The topological polar surface area (TPSA) is 69.8 Å². The van der Waals surface area contributed by atoms with Crippen LogP contribution < -0.4 is 5.73 Å². The van der Waals surface area contributed by atoms with Crippen LogP contribution in [-0.2, 0) is 4.79 Å². The molecule has 100 valence electrons. The van der Waals surface area contributed by atoms with E-state index in [9.17, 15) is 4.79 Å². The van der Waals surface area contributed by atoms with Crippen LogP contribution >= 0.6 is 0 Å². The van der Waals surface area contributed by atoms with Crippen molar-refractivity contribution in [2.45, 2.75) is 38.3 Å². The molecule has 3 N–H and O–H groups in total. The molecule has 0 radical (unpaired) electrons. The number of amides is 1. The minimum Gasteiger partial charge on any atom is -0.395 e. The van der Waals surface area contributed by atoms with Crippen LogP contribution in [0.15, 0.2) is 0 Å². The predicted octanol–water partition coefficient (Wildman–Crippen LogP) is -0.361. The number of aliphatic hydroxyl groups is 1. The van der Waals surface area contributed by atoms with Gasteiger partial charge in [-0.2, -0.15) is 0 Å². The van der Waals surface area contributed by atoms with Crippen molar-refractivity contribution in [3.63, 3.8) is 0 Å². The maximum atomic E-state index is 12.2. The molecule has 0 atom stereocenters. The van der Waals surface area contributed by atoms with Gasteiger partial charge in [0.25, 0.3) is 0 Å². The molecule has 1 aliphatic heterocycles. The lowest BCUT2D eigenvalue weighted by Gasteiger charge is -2.39. The molecule has 0 aromatic carbocycles. The normalized spacial score (nSPS) is 19.4. The SMILES string of the molecule is CN1CCC(N(CCO)C(=O)C(C)(C)N)CC1. The number of piperidine rings is 1. The van der Waals surface area contributed by atoms with Crippen LogP contribution in [0.5, 0.6) is 0 Å². The molecule has 1 heterocycles. The van der Waals surface area contributed by atoms with E-state index in [1.807, 2.05) is 0 Å². The summed E-state index contributed by atoms with van der Waals surface area (Å²) >= 11 is 0. The van der Waals surface area contributed by atoms with Crippen LogP contribution in [0.1, 0.15) is 26.7 Å². The zero-order valence-electron chi connectivity index (χ0n) is 11.1. The second kappa shape index (κ2) is 5.80. The maximum absolute atomic E-state index is 12.2. The van der Waals surface area contributed by atoms with Crippen molar-refractivity contribution in [3.05, 3.63) is 0 Å². The van der Waals surface area contributed by atoms with E-state index < -0.39 is 5.54 Å². The van der Waals surface area contributed by atoms with E-state index in [0.29, 0.717) is 6.54 Å². The van der Waals surface area contributed by atoms with Crippen LogP contribution in [0.3, 0.4) is 0 Å². The van der Waals surface area contributed by atoms with Gasteiger partial charge in [0, 0.05) is 12.6 Å². The molecule has 0 unspecified atom stereocenters. The molecule has 1 aliphatic rings. The summed E-state index contributed by atoms with van der Waals surface area (Å²) in [6.07, 6.45) is 1.91. The van der Waals surface area contributed by atoms with Gasteiger partial charge in [-0.25, -0.2) is 0 Å². The van der Waals surface area contributed by atoms with Crippen molar-refractivity contribution in [1.29, 1.82) is 0 Å². The van der Waals surface area contributed by atoms with E-state index in [0.717, 1.165) is 25.9 Å². The van der Waals surface area contributed by atoms with E-state index >= 15 is 0 Å². The van der Waals surface area contributed by atoms with Gasteiger partial charge < -0.3 is 20.6 Å². The van der Waals surface area contributed by atoms with Crippen molar-refractivity contribution in [2.24, 2.45) is 5.73 Å². The third kappa shape index (κ3) is 3.94. The smallest absolute Gasteiger partial charge is 0.242 e. The summed E-state index contributed by atoms with van der Waals surface area (Å²) in [7, 11) is 2.08. The van der Waals surface area contributed by atoms with Gasteiger partial charge in [0.15, 0.2) is 0 Å². The molecule has 1 saturated heterocycles. The Morgan fingerprint density at radius 1 is 1.47 bits per heavy atom. The lowest BCUT2D eigenvalue weighted by molar-refractivity contribution is -0.139. The summed E-state index contributed by atoms with van der Waals surface area (Å²) in [5.74, 6) is -0.0684. The Hall–Kier alpha value is -0.650. The average molecular weight is 243 g/mol. The molecule has 0 saturated carbocycles. The monoisotopic (exact) mass is 243 g/mol. The number of hydrogen-bond donors (Lipinski definition) is 2. The number of carbonyl (C=O) groups is 1. The Bertz CT molecular complexity index is 255. The lowest BCUT2D eigenvalue weighted by atomic mass is 9.99. The van der Waals surface area contributed by atoms with E-state index in [2.05, 4.69) is 11.9 Å². The maximum Gasteiger partial charge on any atom is 0.242 e. The number of aliphatic hydroxyl groups excluding tert-OH is 1. The molecule has 17 heavy (non-hydrogen) atoms. The molecular weight excluding hydrogens is 218 g/mol. The van der Waals surface area contributed by atoms with Gasteiger partial charge in [-0.15, -0.1) is 0 Å². The first-order valence-corrected chi connectivity index (χ1v) is 6.25. The summed E-state index contributed by atoms with van der Waals surface area (Å²) < 4.78 is 0. The molecule has 0 aromatic heterocycles. The largest absolute Gasteiger partial charge is 0.395 e. The number of rotatable bonds is 4. The lowest BCUT2D eigenvalue weighted by Crippen LogP contribution is -2.56. The molecule has 0 aromatic rings. The minimum atomic E-state index is -0.863. The molecule has 5 nitrogen and oxygen atoms in total. The van der Waals surface area contributed by atoms with Crippen LogP contribution in [0.2, 0.25) is 0 Å². The van der Waals surface area contributed by atoms with Gasteiger partial charge in [0.1, 0.15) is 0 Å². The summed E-state index contributed by atoms with van der Waals surface area (Å²) in [6, 6.07) is 0.216. The highest BCUT2D eigenvalue weighted by molar-refractivity contribution is 5.85. The summed E-state index contributed by atoms with van der Waals surface area (Å²) in [5, 5.41) is 9.09. The second-order valence-corrected chi connectivity index (χ2v) is 5.48. The number of carbonyl (C=O) groups excluding carboxylic acids is 1. The van der Waals surface area contributed by atoms with Crippen molar-refractivity contribution < 1.29 is 9.90 Å². The zero-order valence-corrected chi connectivity index (χ0v) is 11.1. The third-order valence-corrected chi connectivity index (χ3v) is 3.28. The van der Waals surface area contributed by atoms with Crippen molar-refractivity contribution in [1.82, 2.24) is 9.80 Å². The summed E-state index contributed by atoms with van der Waals surface area (Å²) in [6.45, 7) is 5.79. The quantitative estimate of drug-likeness (QED) is 0.707. The first kappa shape index (κ1) is 14.4. The second-order valence-electron chi connectivity index (χ2n) is 5.48. The fourth-order valence-corrected chi connectivity index (χ4v) is 2.23. The van der Waals surface area contributed by atoms with Gasteiger partial charge in [0.2, 0.25) is 5.91 Å². The Kier molecular flexibility index (Phi) is 4.91. The highest BCUT2D eigenvalue weighted by Crippen LogP contribution is 2.18. The van der Waals surface area contributed by atoms with Gasteiger partial charge in [-0.05, 0) is 46.8 Å². The first-order valence-electron chi connectivity index (χ1n) is 6.25. The van der Waals surface area contributed by atoms with Crippen LogP contribution in [-0.4, -0.2) is 65.7 Å². The van der Waals surface area contributed by atoms with E-state index in [1.54, 1.807) is 18.7 Å². The van der Waals surface area contributed by atoms with Gasteiger partial charge >= 0.3 is 0 Å². The number of nitrogens with zero attached hydrogens (tertiary/aromatic N) is 2. The third-order valence-electron chi connectivity index (χ3n) is 3.28. The molecule has 5 heteroatoms. The van der Waals surface area contributed by atoms with E-state index in [1.165, 1.54) is 0 Å². The molecule has 1 fully saturated rings. The highest BCUT2D eigenvalue weighted by atomic mass is 16.3. The van der Waals surface area contributed by atoms with Gasteiger partial charge in [0.05, 0.1) is 12.1 Å². The molecule has 0 bridgehead atoms. The molecular formula is C12H25N3O2. The van der Waals surface area contributed by atoms with Crippen LogP contribution in [0, 0.1) is 0 Å². The average Bonchev–Trinajstić information content (AvgIpc) is 2.25. The molecule has 1 rings (SSSR count). The molecule has 1 amide bonds. The fourth-order valence-electron chi connectivity index (χ4n) is 2.23. The zero-order chi connectivity index (χ0) is 13.1. The molecule has 0 spiro atoms. The highest BCUT2D eigenvalue weighted by Gasteiger charge is 2.33. The Morgan fingerprint density at radius 3 is 2.41 bits per heavy atom. The number of nitrogens with two attached hydrogens (primary N) is 1. The Labute approximate surface area is 104 Å². The molecule has 0 aliphatic carbocycles. The van der Waals surface area contributed by atoms with Crippen molar-refractivity contribution in [3.8, 4) is 0 Å². The fraction of sp³-hybridized carbons (Fsp3) is 0.917. The standard InChI is InChI=1S/C12H25N3O2/c1-12(2,13)11(17)15(8-9-16)10-4-6-14(3)7-5-10/h10,16H,4-9,13H2,1-3H3. The Morgan fingerprint density at radius 2 is 2.00 bits per heavy atom. The van der Waals surface area contributed by atoms with Gasteiger partial charge in [-0.3, -0.25) is 4.79 Å².